The predicted molar refractivity (Wildman–Crippen MR) is 109 cm³/mol. The van der Waals surface area contributed by atoms with E-state index in [1.165, 1.54) is 0 Å². The smallest absolute Gasteiger partial charge is 0.237 e. The monoisotopic (exact) mass is 390 g/mol. The number of nitrogens with two attached hydrogens (primary N) is 1. The number of hydrogen-bond donors (Lipinski definition) is 2. The van der Waals surface area contributed by atoms with E-state index in [1.54, 1.807) is 7.11 Å². The zero-order valence-corrected chi connectivity index (χ0v) is 16.3. The van der Waals surface area contributed by atoms with E-state index in [0.717, 1.165) is 35.3 Å². The molecule has 2 aromatic carbocycles. The van der Waals surface area contributed by atoms with Gasteiger partial charge in [0.2, 0.25) is 5.91 Å². The number of amides is 1. The Kier molecular flexibility index (Phi) is 8.10. The second-order valence-corrected chi connectivity index (χ2v) is 6.62. The Morgan fingerprint density at radius 2 is 1.67 bits per heavy atom. The van der Waals surface area contributed by atoms with Crippen molar-refractivity contribution >= 4 is 18.3 Å². The molecule has 0 aromatic heterocycles. The van der Waals surface area contributed by atoms with Crippen LogP contribution >= 0.6 is 12.4 Å². The first kappa shape index (κ1) is 21.2. The number of nitrogens with one attached hydrogen (secondary N) is 1. The fourth-order valence-corrected chi connectivity index (χ4v) is 3.19. The number of carbonyl (C=O) groups excluding carboxylic acids is 1. The summed E-state index contributed by atoms with van der Waals surface area (Å²) in [5.41, 5.74) is 9.41. The van der Waals surface area contributed by atoms with Crippen molar-refractivity contribution in [1.82, 2.24) is 5.32 Å². The minimum absolute atomic E-state index is 0. The Morgan fingerprint density at radius 3 is 2.22 bits per heavy atom. The first-order valence-electron chi connectivity index (χ1n) is 9.02. The molecule has 0 bridgehead atoms. The zero-order chi connectivity index (χ0) is 18.4. The van der Waals surface area contributed by atoms with Gasteiger partial charge in [0, 0.05) is 19.8 Å². The fraction of sp³-hybridized carbons (Fsp3) is 0.381. The van der Waals surface area contributed by atoms with Gasteiger partial charge in [0.05, 0.1) is 13.2 Å². The average molecular weight is 391 g/mol. The largest absolute Gasteiger partial charge is 0.497 e. The first-order valence-corrected chi connectivity index (χ1v) is 9.02. The van der Waals surface area contributed by atoms with Crippen LogP contribution in [0.1, 0.15) is 18.4 Å². The topological polar surface area (TPSA) is 73.6 Å². The van der Waals surface area contributed by atoms with Crippen molar-refractivity contribution in [2.75, 3.05) is 20.3 Å². The van der Waals surface area contributed by atoms with Gasteiger partial charge < -0.3 is 20.5 Å². The Labute approximate surface area is 166 Å². The normalized spacial score (nSPS) is 15.5. The molecule has 2 aromatic rings. The van der Waals surface area contributed by atoms with E-state index in [-0.39, 0.29) is 24.2 Å². The van der Waals surface area contributed by atoms with Crippen LogP contribution in [0.15, 0.2) is 48.5 Å². The molecule has 3 rings (SSSR count). The van der Waals surface area contributed by atoms with E-state index in [4.69, 9.17) is 15.2 Å². The van der Waals surface area contributed by atoms with E-state index >= 15 is 0 Å². The maximum Gasteiger partial charge on any atom is 0.237 e. The van der Waals surface area contributed by atoms with Crippen LogP contribution in [0.4, 0.5) is 0 Å². The van der Waals surface area contributed by atoms with Gasteiger partial charge in [-0.15, -0.1) is 12.4 Å². The third kappa shape index (κ3) is 5.70. The number of rotatable bonds is 6. The Morgan fingerprint density at radius 1 is 1.11 bits per heavy atom. The van der Waals surface area contributed by atoms with Crippen LogP contribution in [0.5, 0.6) is 5.75 Å². The van der Waals surface area contributed by atoms with Crippen molar-refractivity contribution in [3.8, 4) is 16.9 Å². The Bertz CT molecular complexity index is 713. The number of methoxy groups -OCH3 is 1. The minimum atomic E-state index is -0.461. The molecule has 1 heterocycles. The molecule has 5 nitrogen and oxygen atoms in total. The van der Waals surface area contributed by atoms with Crippen LogP contribution in [-0.2, 0) is 16.1 Å². The van der Waals surface area contributed by atoms with Crippen LogP contribution in [-0.4, -0.2) is 32.3 Å². The molecule has 3 N–H and O–H groups in total. The zero-order valence-electron chi connectivity index (χ0n) is 15.5. The van der Waals surface area contributed by atoms with Crippen molar-refractivity contribution in [3.63, 3.8) is 0 Å². The molecule has 1 aliphatic heterocycles. The van der Waals surface area contributed by atoms with Crippen molar-refractivity contribution in [3.05, 3.63) is 54.1 Å². The molecule has 1 atom stereocenters. The molecule has 6 heteroatoms. The van der Waals surface area contributed by atoms with Gasteiger partial charge in [0.25, 0.3) is 0 Å². The van der Waals surface area contributed by atoms with Crippen LogP contribution < -0.4 is 15.8 Å². The highest BCUT2D eigenvalue weighted by Gasteiger charge is 2.26. The quantitative estimate of drug-likeness (QED) is 0.794. The van der Waals surface area contributed by atoms with Crippen molar-refractivity contribution < 1.29 is 14.3 Å². The molecule has 1 fully saturated rings. The van der Waals surface area contributed by atoms with Crippen LogP contribution in [0.3, 0.4) is 0 Å². The summed E-state index contributed by atoms with van der Waals surface area (Å²) < 4.78 is 10.5. The van der Waals surface area contributed by atoms with Gasteiger partial charge in [-0.25, -0.2) is 0 Å². The summed E-state index contributed by atoms with van der Waals surface area (Å²) in [6.45, 7) is 1.87. The third-order valence-electron chi connectivity index (χ3n) is 4.92. The van der Waals surface area contributed by atoms with Gasteiger partial charge in [0.15, 0.2) is 0 Å². The predicted octanol–water partition coefficient (Wildman–Crippen LogP) is 3.15. The maximum absolute atomic E-state index is 12.3. The van der Waals surface area contributed by atoms with E-state index in [0.29, 0.717) is 19.8 Å². The second-order valence-electron chi connectivity index (χ2n) is 6.62. The summed E-state index contributed by atoms with van der Waals surface area (Å²) in [5.74, 6) is 0.964. The van der Waals surface area contributed by atoms with E-state index in [1.807, 2.05) is 36.4 Å². The summed E-state index contributed by atoms with van der Waals surface area (Å²) in [6, 6.07) is 15.7. The molecule has 27 heavy (non-hydrogen) atoms. The number of carbonyl (C=O) groups is 1. The van der Waals surface area contributed by atoms with E-state index in [2.05, 4.69) is 17.4 Å². The van der Waals surface area contributed by atoms with Crippen molar-refractivity contribution in [2.45, 2.75) is 25.4 Å². The molecule has 1 unspecified atom stereocenters. The molecular weight excluding hydrogens is 364 g/mol. The molecule has 1 saturated heterocycles. The fourth-order valence-electron chi connectivity index (χ4n) is 3.19. The lowest BCUT2D eigenvalue weighted by Crippen LogP contribution is -2.46. The summed E-state index contributed by atoms with van der Waals surface area (Å²) in [5, 5.41) is 2.95. The van der Waals surface area contributed by atoms with E-state index in [9.17, 15) is 4.79 Å². The first-order chi connectivity index (χ1) is 12.7. The number of benzene rings is 2. The Hall–Kier alpha value is -2.08. The van der Waals surface area contributed by atoms with Gasteiger partial charge in [-0.3, -0.25) is 4.79 Å². The van der Waals surface area contributed by atoms with Crippen LogP contribution in [0.25, 0.3) is 11.1 Å². The molecule has 1 amide bonds. The van der Waals surface area contributed by atoms with Crippen LogP contribution in [0.2, 0.25) is 0 Å². The summed E-state index contributed by atoms with van der Waals surface area (Å²) in [6.07, 6.45) is 1.70. The van der Waals surface area contributed by atoms with Crippen molar-refractivity contribution in [2.24, 2.45) is 11.7 Å². The molecule has 0 aliphatic carbocycles. The highest BCUT2D eigenvalue weighted by molar-refractivity contribution is 5.85. The highest BCUT2D eigenvalue weighted by atomic mass is 35.5. The number of hydrogen-bond acceptors (Lipinski definition) is 4. The van der Waals surface area contributed by atoms with Gasteiger partial charge >= 0.3 is 0 Å². The molecule has 1 aliphatic rings. The lowest BCUT2D eigenvalue weighted by molar-refractivity contribution is -0.124. The van der Waals surface area contributed by atoms with Crippen LogP contribution in [0, 0.1) is 5.92 Å². The lowest BCUT2D eigenvalue weighted by atomic mass is 9.92. The Balaban J connectivity index is 0.00000261. The third-order valence-corrected chi connectivity index (χ3v) is 4.92. The maximum atomic E-state index is 12.3. The summed E-state index contributed by atoms with van der Waals surface area (Å²) >= 11 is 0. The van der Waals surface area contributed by atoms with Gasteiger partial charge in [0.1, 0.15) is 5.75 Å². The molecule has 0 spiro atoms. The van der Waals surface area contributed by atoms with Gasteiger partial charge in [-0.05, 0) is 47.6 Å². The number of halogens is 1. The molecular formula is C21H27ClN2O3. The van der Waals surface area contributed by atoms with Crippen molar-refractivity contribution in [1.29, 1.82) is 0 Å². The minimum Gasteiger partial charge on any atom is -0.497 e. The highest BCUT2D eigenvalue weighted by Crippen LogP contribution is 2.23. The molecule has 0 saturated carbocycles. The van der Waals surface area contributed by atoms with Gasteiger partial charge in [-0.2, -0.15) is 0 Å². The summed E-state index contributed by atoms with van der Waals surface area (Å²) in [4.78, 5) is 12.3. The second kappa shape index (κ2) is 10.3. The summed E-state index contributed by atoms with van der Waals surface area (Å²) in [7, 11) is 1.66. The molecule has 146 valence electrons. The lowest BCUT2D eigenvalue weighted by Gasteiger charge is -2.26. The number of ether oxygens (including phenoxy) is 2. The standard InChI is InChI=1S/C21H26N2O3.ClH/c1-25-19-8-6-17(7-9-19)16-4-2-15(3-5-16)14-23-21(24)20(22)18-10-12-26-13-11-18;/h2-9,18,20H,10-14,22H2,1H3,(H,23,24);1H. The van der Waals surface area contributed by atoms with Gasteiger partial charge in [-0.1, -0.05) is 36.4 Å². The van der Waals surface area contributed by atoms with E-state index < -0.39 is 6.04 Å². The SMILES string of the molecule is COc1ccc(-c2ccc(CNC(=O)C(N)C3CCOCC3)cc2)cc1.Cl. The average Bonchev–Trinajstić information content (AvgIpc) is 2.72. The molecule has 0 radical (unpaired) electrons.